The van der Waals surface area contributed by atoms with Crippen LogP contribution in [0.15, 0.2) is 40.4 Å². The van der Waals surface area contributed by atoms with Crippen LogP contribution in [-0.4, -0.2) is 37.3 Å². The van der Waals surface area contributed by atoms with E-state index in [1.54, 1.807) is 24.3 Å². The molecule has 0 aliphatic carbocycles. The SMILES string of the molecule is CC(=O)Nc1cccc(NC(=O)C2=CN(C)S(=O)(=O)N=C2C)c1. The lowest BCUT2D eigenvalue weighted by atomic mass is 10.1. The molecule has 1 aliphatic rings. The van der Waals surface area contributed by atoms with Crippen LogP contribution in [0.3, 0.4) is 0 Å². The molecule has 2 rings (SSSR count). The van der Waals surface area contributed by atoms with Gasteiger partial charge in [0.05, 0.1) is 11.3 Å². The number of hydrogen-bond acceptors (Lipinski definition) is 4. The van der Waals surface area contributed by atoms with E-state index in [1.807, 2.05) is 0 Å². The third-order valence-electron chi connectivity index (χ3n) is 3.00. The van der Waals surface area contributed by atoms with Crippen molar-refractivity contribution < 1.29 is 18.0 Å². The second kappa shape index (κ2) is 6.21. The molecule has 8 nitrogen and oxygen atoms in total. The highest BCUT2D eigenvalue weighted by molar-refractivity contribution is 7.88. The van der Waals surface area contributed by atoms with Gasteiger partial charge in [-0.2, -0.15) is 8.42 Å². The van der Waals surface area contributed by atoms with Gasteiger partial charge in [-0.1, -0.05) is 6.07 Å². The number of benzene rings is 1. The highest BCUT2D eigenvalue weighted by atomic mass is 32.2. The molecule has 0 spiro atoms. The average Bonchev–Trinajstić information content (AvgIpc) is 2.41. The van der Waals surface area contributed by atoms with Gasteiger partial charge in [-0.15, -0.1) is 4.40 Å². The monoisotopic (exact) mass is 336 g/mol. The van der Waals surface area contributed by atoms with Gasteiger partial charge in [-0.05, 0) is 25.1 Å². The number of rotatable bonds is 3. The van der Waals surface area contributed by atoms with Crippen LogP contribution >= 0.6 is 0 Å². The summed E-state index contributed by atoms with van der Waals surface area (Å²) in [7, 11) is -2.45. The summed E-state index contributed by atoms with van der Waals surface area (Å²) < 4.78 is 27.6. The van der Waals surface area contributed by atoms with Gasteiger partial charge in [-0.25, -0.2) is 0 Å². The molecule has 0 fully saturated rings. The Hall–Kier alpha value is -2.68. The molecule has 0 atom stereocenters. The zero-order valence-electron chi connectivity index (χ0n) is 12.8. The molecule has 0 saturated heterocycles. The van der Waals surface area contributed by atoms with Gasteiger partial charge >= 0.3 is 10.2 Å². The fraction of sp³-hybridized carbons (Fsp3) is 0.214. The van der Waals surface area contributed by atoms with Crippen LogP contribution in [0.5, 0.6) is 0 Å². The van der Waals surface area contributed by atoms with E-state index in [0.717, 1.165) is 4.31 Å². The maximum atomic E-state index is 12.3. The second-order valence-electron chi connectivity index (χ2n) is 4.93. The summed E-state index contributed by atoms with van der Waals surface area (Å²) in [6, 6.07) is 6.60. The normalized spacial score (nSPS) is 16.2. The Morgan fingerprint density at radius 2 is 1.78 bits per heavy atom. The van der Waals surface area contributed by atoms with Crippen molar-refractivity contribution in [3.63, 3.8) is 0 Å². The molecule has 0 radical (unpaired) electrons. The van der Waals surface area contributed by atoms with Crippen molar-refractivity contribution in [1.29, 1.82) is 0 Å². The molecule has 0 aromatic heterocycles. The Kier molecular flexibility index (Phi) is 4.50. The van der Waals surface area contributed by atoms with Gasteiger partial charge in [0.1, 0.15) is 0 Å². The first-order valence-corrected chi connectivity index (χ1v) is 8.04. The van der Waals surface area contributed by atoms with Crippen molar-refractivity contribution in [2.45, 2.75) is 13.8 Å². The zero-order chi connectivity index (χ0) is 17.2. The molecule has 1 aliphatic heterocycles. The third kappa shape index (κ3) is 3.95. The molecular formula is C14H16N4O4S. The van der Waals surface area contributed by atoms with E-state index in [0.29, 0.717) is 11.4 Å². The van der Waals surface area contributed by atoms with Crippen LogP contribution in [0.25, 0.3) is 0 Å². The molecule has 0 unspecified atom stereocenters. The van der Waals surface area contributed by atoms with E-state index in [2.05, 4.69) is 15.0 Å². The van der Waals surface area contributed by atoms with E-state index in [-0.39, 0.29) is 17.2 Å². The van der Waals surface area contributed by atoms with Crippen LogP contribution in [0, 0.1) is 0 Å². The first kappa shape index (κ1) is 16.7. The van der Waals surface area contributed by atoms with E-state index >= 15 is 0 Å². The Balaban J connectivity index is 2.20. The lowest BCUT2D eigenvalue weighted by Gasteiger charge is -2.19. The summed E-state index contributed by atoms with van der Waals surface area (Å²) in [5.74, 6) is -0.716. The summed E-state index contributed by atoms with van der Waals surface area (Å²) in [6.45, 7) is 2.83. The zero-order valence-corrected chi connectivity index (χ0v) is 13.6. The lowest BCUT2D eigenvalue weighted by molar-refractivity contribution is -0.114. The minimum atomic E-state index is -3.75. The van der Waals surface area contributed by atoms with Crippen molar-refractivity contribution in [2.24, 2.45) is 4.40 Å². The molecule has 9 heteroatoms. The Labute approximate surface area is 134 Å². The van der Waals surface area contributed by atoms with Crippen molar-refractivity contribution >= 4 is 39.1 Å². The molecule has 2 amide bonds. The quantitative estimate of drug-likeness (QED) is 0.862. The number of anilines is 2. The fourth-order valence-electron chi connectivity index (χ4n) is 1.93. The fourth-order valence-corrected chi connectivity index (χ4v) is 2.74. The number of hydrogen-bond donors (Lipinski definition) is 2. The Morgan fingerprint density at radius 1 is 1.17 bits per heavy atom. The van der Waals surface area contributed by atoms with Gasteiger partial charge in [0.15, 0.2) is 0 Å². The van der Waals surface area contributed by atoms with E-state index in [9.17, 15) is 18.0 Å². The summed E-state index contributed by atoms with van der Waals surface area (Å²) in [5, 5.41) is 5.25. The van der Waals surface area contributed by atoms with Crippen LogP contribution in [-0.2, 0) is 19.8 Å². The average molecular weight is 336 g/mol. The van der Waals surface area contributed by atoms with Crippen molar-refractivity contribution in [3.8, 4) is 0 Å². The Bertz CT molecular complexity index is 827. The molecule has 1 heterocycles. The first-order valence-electron chi connectivity index (χ1n) is 6.65. The smallest absolute Gasteiger partial charge is 0.326 e. The first-order chi connectivity index (χ1) is 10.7. The molecule has 0 bridgehead atoms. The van der Waals surface area contributed by atoms with Crippen LogP contribution < -0.4 is 10.6 Å². The summed E-state index contributed by atoms with van der Waals surface area (Å²) >= 11 is 0. The third-order valence-corrected chi connectivity index (χ3v) is 4.34. The molecule has 2 N–H and O–H groups in total. The van der Waals surface area contributed by atoms with E-state index in [1.165, 1.54) is 27.1 Å². The number of carbonyl (C=O) groups is 2. The van der Waals surface area contributed by atoms with Gasteiger partial charge < -0.3 is 10.6 Å². The standard InChI is InChI=1S/C14H16N4O4S/c1-9-13(8-18(3)23(21,22)17-9)14(20)16-12-6-4-5-11(7-12)15-10(2)19/h4-8H,1-3H3,(H,15,19)(H,16,20). The molecule has 0 saturated carbocycles. The highest BCUT2D eigenvalue weighted by Gasteiger charge is 2.25. The lowest BCUT2D eigenvalue weighted by Crippen LogP contribution is -2.30. The summed E-state index contributed by atoms with van der Waals surface area (Å²) in [4.78, 5) is 23.3. The van der Waals surface area contributed by atoms with Crippen molar-refractivity contribution in [2.75, 3.05) is 17.7 Å². The van der Waals surface area contributed by atoms with Gasteiger partial charge in [0.25, 0.3) is 5.91 Å². The number of nitrogens with zero attached hydrogens (tertiary/aromatic N) is 2. The Morgan fingerprint density at radius 3 is 2.39 bits per heavy atom. The minimum Gasteiger partial charge on any atom is -0.326 e. The maximum absolute atomic E-state index is 12.3. The van der Waals surface area contributed by atoms with Crippen LogP contribution in [0.4, 0.5) is 11.4 Å². The highest BCUT2D eigenvalue weighted by Crippen LogP contribution is 2.19. The van der Waals surface area contributed by atoms with E-state index in [4.69, 9.17) is 0 Å². The van der Waals surface area contributed by atoms with Gasteiger partial charge in [0.2, 0.25) is 5.91 Å². The topological polar surface area (TPSA) is 108 Å². The molecule has 23 heavy (non-hydrogen) atoms. The minimum absolute atomic E-state index is 0.110. The van der Waals surface area contributed by atoms with Crippen LogP contribution in [0.1, 0.15) is 13.8 Å². The predicted octanol–water partition coefficient (Wildman–Crippen LogP) is 1.12. The van der Waals surface area contributed by atoms with Crippen LogP contribution in [0.2, 0.25) is 0 Å². The maximum Gasteiger partial charge on any atom is 0.344 e. The van der Waals surface area contributed by atoms with Gasteiger partial charge in [0, 0.05) is 31.5 Å². The molecule has 1 aromatic rings. The van der Waals surface area contributed by atoms with Crippen molar-refractivity contribution in [1.82, 2.24) is 4.31 Å². The number of nitrogens with one attached hydrogen (secondary N) is 2. The molecule has 122 valence electrons. The number of carbonyl (C=O) groups excluding carboxylic acids is 2. The summed E-state index contributed by atoms with van der Waals surface area (Å²) in [5.41, 5.74) is 1.26. The second-order valence-corrected chi connectivity index (χ2v) is 6.58. The summed E-state index contributed by atoms with van der Waals surface area (Å²) in [6.07, 6.45) is 1.21. The largest absolute Gasteiger partial charge is 0.344 e. The molecular weight excluding hydrogens is 320 g/mol. The predicted molar refractivity (Wildman–Crippen MR) is 87.3 cm³/mol. The number of amides is 2. The van der Waals surface area contributed by atoms with Crippen molar-refractivity contribution in [3.05, 3.63) is 36.0 Å². The van der Waals surface area contributed by atoms with Gasteiger partial charge in [-0.3, -0.25) is 13.9 Å². The van der Waals surface area contributed by atoms with E-state index < -0.39 is 16.1 Å². The molecule has 1 aromatic carbocycles.